The third-order valence-electron chi connectivity index (χ3n) is 3.32. The molecule has 6 heteroatoms. The highest BCUT2D eigenvalue weighted by atomic mass is 35.5. The Morgan fingerprint density at radius 3 is 2.41 bits per heavy atom. The third kappa shape index (κ3) is 3.64. The van der Waals surface area contributed by atoms with Gasteiger partial charge < -0.3 is 14.9 Å². The second-order valence-electron chi connectivity index (χ2n) is 4.78. The minimum atomic E-state index is -0.953. The average molecular weight is 341 g/mol. The topological polar surface area (TPSA) is 66.8 Å². The minimum Gasteiger partial charge on any atom is -0.503 e. The van der Waals surface area contributed by atoms with Crippen LogP contribution in [0.3, 0.4) is 0 Å². The summed E-state index contributed by atoms with van der Waals surface area (Å²) in [7, 11) is 1.41. The molecular formula is C16H14Cl2O4. The van der Waals surface area contributed by atoms with Crippen molar-refractivity contribution < 1.29 is 19.7 Å². The van der Waals surface area contributed by atoms with E-state index in [0.717, 1.165) is 0 Å². The number of phenolic OH excluding ortho intramolecular Hbond substituents is 1. The minimum absolute atomic E-state index is 0.120. The Kier molecular flexibility index (Phi) is 5.16. The number of carboxylic acid groups (broad SMARTS) is 1. The lowest BCUT2D eigenvalue weighted by Gasteiger charge is -2.15. The lowest BCUT2D eigenvalue weighted by atomic mass is 9.92. The van der Waals surface area contributed by atoms with Crippen LogP contribution in [0.25, 0.3) is 0 Å². The molecule has 4 nitrogen and oxygen atoms in total. The summed E-state index contributed by atoms with van der Waals surface area (Å²) in [5, 5.41) is 19.8. The Labute approximate surface area is 137 Å². The van der Waals surface area contributed by atoms with Gasteiger partial charge in [0.25, 0.3) is 0 Å². The number of rotatable bonds is 5. The number of hydrogen-bond acceptors (Lipinski definition) is 3. The molecular weight excluding hydrogens is 327 g/mol. The van der Waals surface area contributed by atoms with E-state index >= 15 is 0 Å². The van der Waals surface area contributed by atoms with Gasteiger partial charge in [-0.3, -0.25) is 4.79 Å². The number of carboxylic acids is 1. The van der Waals surface area contributed by atoms with E-state index in [4.69, 9.17) is 27.9 Å². The van der Waals surface area contributed by atoms with Crippen LogP contribution in [-0.4, -0.2) is 23.3 Å². The Morgan fingerprint density at radius 2 is 1.86 bits per heavy atom. The Hall–Kier alpha value is -1.91. The molecule has 2 aromatic rings. The van der Waals surface area contributed by atoms with Gasteiger partial charge in [0, 0.05) is 5.02 Å². The molecule has 0 saturated carbocycles. The number of benzene rings is 2. The van der Waals surface area contributed by atoms with Gasteiger partial charge in [-0.25, -0.2) is 0 Å². The number of phenols is 1. The molecule has 1 atom stereocenters. The number of methoxy groups -OCH3 is 1. The van der Waals surface area contributed by atoms with Crippen LogP contribution in [0.15, 0.2) is 36.4 Å². The first-order chi connectivity index (χ1) is 10.4. The molecule has 22 heavy (non-hydrogen) atoms. The summed E-state index contributed by atoms with van der Waals surface area (Å²) in [5.41, 5.74) is 1.29. The van der Waals surface area contributed by atoms with Gasteiger partial charge in [-0.15, -0.1) is 0 Å². The Bertz CT molecular complexity index is 683. The first kappa shape index (κ1) is 16.5. The fourth-order valence-corrected chi connectivity index (χ4v) is 2.54. The van der Waals surface area contributed by atoms with Crippen molar-refractivity contribution >= 4 is 29.2 Å². The SMILES string of the molecule is COc1cc(CC(C(=O)O)c2ccc(Cl)cc2)cc(Cl)c1O. The second kappa shape index (κ2) is 6.90. The lowest BCUT2D eigenvalue weighted by molar-refractivity contribution is -0.138. The van der Waals surface area contributed by atoms with E-state index in [0.29, 0.717) is 16.1 Å². The van der Waals surface area contributed by atoms with E-state index in [1.165, 1.54) is 13.2 Å². The molecule has 0 heterocycles. The summed E-state index contributed by atoms with van der Waals surface area (Å²) in [6, 6.07) is 9.77. The average Bonchev–Trinajstić information content (AvgIpc) is 2.49. The van der Waals surface area contributed by atoms with Crippen LogP contribution in [0.1, 0.15) is 17.0 Å². The summed E-state index contributed by atoms with van der Waals surface area (Å²) in [6.07, 6.45) is 0.216. The maximum atomic E-state index is 11.5. The van der Waals surface area contributed by atoms with E-state index in [9.17, 15) is 15.0 Å². The molecule has 0 aliphatic heterocycles. The molecule has 0 aliphatic carbocycles. The molecule has 1 unspecified atom stereocenters. The van der Waals surface area contributed by atoms with Crippen molar-refractivity contribution in [3.8, 4) is 11.5 Å². The summed E-state index contributed by atoms with van der Waals surface area (Å²) in [4.78, 5) is 11.5. The molecule has 0 bridgehead atoms. The standard InChI is InChI=1S/C16H14Cl2O4/c1-22-14-8-9(7-13(18)15(14)19)6-12(16(20)21)10-2-4-11(17)5-3-10/h2-5,7-8,12,19H,6H2,1H3,(H,20,21). The van der Waals surface area contributed by atoms with Crippen LogP contribution >= 0.6 is 23.2 Å². The van der Waals surface area contributed by atoms with Gasteiger partial charge >= 0.3 is 5.97 Å². The predicted octanol–water partition coefficient (Wildman–Crippen LogP) is 4.12. The number of aromatic hydroxyl groups is 1. The summed E-state index contributed by atoms with van der Waals surface area (Å²) in [6.45, 7) is 0. The fraction of sp³-hybridized carbons (Fsp3) is 0.188. The summed E-state index contributed by atoms with van der Waals surface area (Å²) >= 11 is 11.8. The van der Waals surface area contributed by atoms with Crippen LogP contribution < -0.4 is 4.74 Å². The molecule has 2 rings (SSSR count). The molecule has 0 radical (unpaired) electrons. The number of aliphatic carboxylic acids is 1. The molecule has 0 aliphatic rings. The van der Waals surface area contributed by atoms with E-state index < -0.39 is 11.9 Å². The van der Waals surface area contributed by atoms with E-state index in [1.54, 1.807) is 30.3 Å². The van der Waals surface area contributed by atoms with Gasteiger partial charge in [0.15, 0.2) is 11.5 Å². The van der Waals surface area contributed by atoms with Crippen molar-refractivity contribution in [3.05, 3.63) is 57.6 Å². The summed E-state index contributed by atoms with van der Waals surface area (Å²) in [5.74, 6) is -1.65. The Morgan fingerprint density at radius 1 is 1.23 bits per heavy atom. The van der Waals surface area contributed by atoms with Gasteiger partial charge in [0.2, 0.25) is 0 Å². The number of halogens is 2. The molecule has 0 fully saturated rings. The van der Waals surface area contributed by atoms with Crippen molar-refractivity contribution in [2.24, 2.45) is 0 Å². The number of ether oxygens (including phenoxy) is 1. The van der Waals surface area contributed by atoms with Crippen LogP contribution in [-0.2, 0) is 11.2 Å². The monoisotopic (exact) mass is 340 g/mol. The normalized spacial score (nSPS) is 12.0. The van der Waals surface area contributed by atoms with E-state index in [1.807, 2.05) is 0 Å². The van der Waals surface area contributed by atoms with Crippen molar-refractivity contribution in [1.29, 1.82) is 0 Å². The molecule has 2 N–H and O–H groups in total. The molecule has 116 valence electrons. The van der Waals surface area contributed by atoms with Crippen LogP contribution in [0, 0.1) is 0 Å². The third-order valence-corrected chi connectivity index (χ3v) is 3.86. The highest BCUT2D eigenvalue weighted by Gasteiger charge is 2.21. The molecule has 0 amide bonds. The maximum absolute atomic E-state index is 11.5. The van der Waals surface area contributed by atoms with Crippen molar-refractivity contribution in [1.82, 2.24) is 0 Å². The highest BCUT2D eigenvalue weighted by Crippen LogP contribution is 2.36. The molecule has 0 aromatic heterocycles. The zero-order valence-corrected chi connectivity index (χ0v) is 13.2. The first-order valence-electron chi connectivity index (χ1n) is 6.46. The summed E-state index contributed by atoms with van der Waals surface area (Å²) < 4.78 is 5.03. The van der Waals surface area contributed by atoms with E-state index in [2.05, 4.69) is 0 Å². The highest BCUT2D eigenvalue weighted by molar-refractivity contribution is 6.32. The molecule has 2 aromatic carbocycles. The molecule has 0 saturated heterocycles. The van der Waals surface area contributed by atoms with Gasteiger partial charge in [0.05, 0.1) is 18.1 Å². The van der Waals surface area contributed by atoms with Crippen LogP contribution in [0.5, 0.6) is 11.5 Å². The maximum Gasteiger partial charge on any atom is 0.311 e. The lowest BCUT2D eigenvalue weighted by Crippen LogP contribution is -2.14. The fourth-order valence-electron chi connectivity index (χ4n) is 2.18. The van der Waals surface area contributed by atoms with Crippen molar-refractivity contribution in [2.75, 3.05) is 7.11 Å². The quantitative estimate of drug-likeness (QED) is 0.859. The van der Waals surface area contributed by atoms with Crippen LogP contribution in [0.2, 0.25) is 10.0 Å². The smallest absolute Gasteiger partial charge is 0.311 e. The van der Waals surface area contributed by atoms with Crippen molar-refractivity contribution in [2.45, 2.75) is 12.3 Å². The van der Waals surface area contributed by atoms with Gasteiger partial charge in [0.1, 0.15) is 0 Å². The Balaban J connectivity index is 2.34. The zero-order valence-electron chi connectivity index (χ0n) is 11.7. The van der Waals surface area contributed by atoms with Crippen molar-refractivity contribution in [3.63, 3.8) is 0 Å². The number of hydrogen-bond donors (Lipinski definition) is 2. The second-order valence-corrected chi connectivity index (χ2v) is 5.62. The predicted molar refractivity (Wildman–Crippen MR) is 85.2 cm³/mol. The zero-order chi connectivity index (χ0) is 16.3. The first-order valence-corrected chi connectivity index (χ1v) is 7.21. The van der Waals surface area contributed by atoms with Gasteiger partial charge in [-0.2, -0.15) is 0 Å². The number of carbonyl (C=O) groups is 1. The van der Waals surface area contributed by atoms with Crippen LogP contribution in [0.4, 0.5) is 0 Å². The van der Waals surface area contributed by atoms with E-state index in [-0.39, 0.29) is 22.9 Å². The largest absolute Gasteiger partial charge is 0.503 e. The molecule has 0 spiro atoms. The van der Waals surface area contributed by atoms with Gasteiger partial charge in [-0.05, 0) is 41.8 Å². The van der Waals surface area contributed by atoms with Gasteiger partial charge in [-0.1, -0.05) is 35.3 Å².